The van der Waals surface area contributed by atoms with E-state index in [0.717, 1.165) is 0 Å². The topological polar surface area (TPSA) is 26.0 Å². The van der Waals surface area contributed by atoms with Gasteiger partial charge in [-0.05, 0) is 30.4 Å². The lowest BCUT2D eigenvalue weighted by atomic mass is 9.70. The van der Waals surface area contributed by atoms with Crippen LogP contribution in [-0.2, 0) is 0 Å². The molecule has 0 aromatic rings. The van der Waals surface area contributed by atoms with Gasteiger partial charge in [0.1, 0.15) is 0 Å². The molecule has 1 nitrogen and oxygen atoms in total. The summed E-state index contributed by atoms with van der Waals surface area (Å²) in [5.74, 6) is 2.64. The summed E-state index contributed by atoms with van der Waals surface area (Å²) in [6.07, 6.45) is 8.36. The van der Waals surface area contributed by atoms with Gasteiger partial charge in [-0.15, -0.1) is 0 Å². The van der Waals surface area contributed by atoms with E-state index in [9.17, 15) is 0 Å². The molecule has 1 atom stereocenters. The Bertz CT molecular complexity index is 144. The fraction of sp³-hybridized carbons (Fsp3) is 1.00. The summed E-state index contributed by atoms with van der Waals surface area (Å²) >= 11 is 2.12. The molecule has 0 aromatic carbocycles. The van der Waals surface area contributed by atoms with Gasteiger partial charge in [0, 0.05) is 11.8 Å². The Kier molecular flexibility index (Phi) is 2.66. The average Bonchev–Trinajstić information content (AvgIpc) is 2.12. The Morgan fingerprint density at radius 1 is 1.17 bits per heavy atom. The van der Waals surface area contributed by atoms with Crippen LogP contribution < -0.4 is 5.73 Å². The highest BCUT2D eigenvalue weighted by molar-refractivity contribution is 7.99. The van der Waals surface area contributed by atoms with E-state index < -0.39 is 0 Å². The molecule has 0 bridgehead atoms. The van der Waals surface area contributed by atoms with Gasteiger partial charge < -0.3 is 5.73 Å². The summed E-state index contributed by atoms with van der Waals surface area (Å²) in [7, 11) is 0. The smallest absolute Gasteiger partial charge is 0.0111 e. The summed E-state index contributed by atoms with van der Waals surface area (Å²) < 4.78 is 0. The molecule has 2 aliphatic rings. The third kappa shape index (κ3) is 1.51. The van der Waals surface area contributed by atoms with Crippen molar-refractivity contribution in [3.8, 4) is 0 Å². The highest BCUT2D eigenvalue weighted by Crippen LogP contribution is 2.44. The van der Waals surface area contributed by atoms with Crippen molar-refractivity contribution >= 4 is 11.8 Å². The molecule has 1 aliphatic carbocycles. The number of rotatable bonds is 0. The molecule has 2 fully saturated rings. The average molecular weight is 185 g/mol. The van der Waals surface area contributed by atoms with Crippen LogP contribution in [-0.4, -0.2) is 17.5 Å². The van der Waals surface area contributed by atoms with Crippen LogP contribution >= 0.6 is 11.8 Å². The van der Waals surface area contributed by atoms with Gasteiger partial charge in [0.05, 0.1) is 0 Å². The molecule has 1 aliphatic heterocycles. The Labute approximate surface area is 79.5 Å². The van der Waals surface area contributed by atoms with Crippen LogP contribution in [0.4, 0.5) is 0 Å². The van der Waals surface area contributed by atoms with Crippen molar-refractivity contribution < 1.29 is 0 Å². The van der Waals surface area contributed by atoms with E-state index in [2.05, 4.69) is 11.8 Å². The van der Waals surface area contributed by atoms with E-state index >= 15 is 0 Å². The van der Waals surface area contributed by atoms with Crippen LogP contribution in [0.15, 0.2) is 0 Å². The third-order valence-corrected chi connectivity index (χ3v) is 4.90. The van der Waals surface area contributed by atoms with Gasteiger partial charge in [-0.2, -0.15) is 11.8 Å². The molecule has 70 valence electrons. The summed E-state index contributed by atoms with van der Waals surface area (Å²) in [4.78, 5) is 0. The molecule has 1 saturated heterocycles. The number of hydrogen-bond donors (Lipinski definition) is 1. The third-order valence-electron chi connectivity index (χ3n) is 3.60. The van der Waals surface area contributed by atoms with Crippen LogP contribution in [0.25, 0.3) is 0 Å². The quantitative estimate of drug-likeness (QED) is 0.627. The molecule has 0 radical (unpaired) electrons. The zero-order valence-electron chi connectivity index (χ0n) is 7.72. The second-order valence-corrected chi connectivity index (χ2v) is 5.48. The first-order valence-electron chi connectivity index (χ1n) is 5.17. The molecule has 1 spiro atoms. The van der Waals surface area contributed by atoms with Gasteiger partial charge >= 0.3 is 0 Å². The van der Waals surface area contributed by atoms with E-state index in [1.165, 1.54) is 50.0 Å². The van der Waals surface area contributed by atoms with Crippen molar-refractivity contribution in [2.45, 2.75) is 44.6 Å². The normalized spacial score (nSPS) is 35.2. The van der Waals surface area contributed by atoms with Crippen molar-refractivity contribution in [3.05, 3.63) is 0 Å². The lowest BCUT2D eigenvalue weighted by Gasteiger charge is -2.44. The minimum Gasteiger partial charge on any atom is -0.327 e. The van der Waals surface area contributed by atoms with Crippen molar-refractivity contribution in [2.75, 3.05) is 11.5 Å². The first-order valence-corrected chi connectivity index (χ1v) is 6.32. The molecule has 12 heavy (non-hydrogen) atoms. The molecule has 2 rings (SSSR count). The fourth-order valence-corrected chi connectivity index (χ4v) is 4.14. The predicted molar refractivity (Wildman–Crippen MR) is 55.4 cm³/mol. The second-order valence-electron chi connectivity index (χ2n) is 4.37. The SMILES string of the molecule is NC1CCSCC12CCCCC2. The Balaban J connectivity index is 2.04. The minimum atomic E-state index is 0.513. The minimum absolute atomic E-state index is 0.513. The van der Waals surface area contributed by atoms with Crippen LogP contribution in [0.2, 0.25) is 0 Å². The van der Waals surface area contributed by atoms with Gasteiger partial charge in [-0.1, -0.05) is 19.3 Å². The number of nitrogens with two attached hydrogens (primary N) is 1. The first kappa shape index (κ1) is 8.89. The monoisotopic (exact) mass is 185 g/mol. The van der Waals surface area contributed by atoms with Crippen molar-refractivity contribution in [1.82, 2.24) is 0 Å². The van der Waals surface area contributed by atoms with Gasteiger partial charge in [-0.3, -0.25) is 0 Å². The standard InChI is InChI=1S/C10H19NS/c11-9-4-7-12-8-10(9)5-2-1-3-6-10/h9H,1-8,11H2. The Morgan fingerprint density at radius 3 is 2.58 bits per heavy atom. The Morgan fingerprint density at radius 2 is 1.92 bits per heavy atom. The first-order chi connectivity index (χ1) is 5.83. The maximum atomic E-state index is 6.23. The van der Waals surface area contributed by atoms with Gasteiger partial charge in [-0.25, -0.2) is 0 Å². The maximum absolute atomic E-state index is 6.23. The molecule has 0 aromatic heterocycles. The lowest BCUT2D eigenvalue weighted by Crippen LogP contribution is -2.47. The van der Waals surface area contributed by atoms with Gasteiger partial charge in [0.25, 0.3) is 0 Å². The molecule has 2 heteroatoms. The van der Waals surface area contributed by atoms with Crippen LogP contribution in [0, 0.1) is 5.41 Å². The zero-order valence-corrected chi connectivity index (χ0v) is 8.54. The summed E-state index contributed by atoms with van der Waals surface area (Å²) in [5.41, 5.74) is 6.79. The second kappa shape index (κ2) is 3.59. The van der Waals surface area contributed by atoms with Crippen LogP contribution in [0.5, 0.6) is 0 Å². The lowest BCUT2D eigenvalue weighted by molar-refractivity contribution is 0.168. The summed E-state index contributed by atoms with van der Waals surface area (Å²) in [6.45, 7) is 0. The molecule has 0 amide bonds. The predicted octanol–water partition coefficient (Wildman–Crippen LogP) is 2.40. The van der Waals surface area contributed by atoms with E-state index in [-0.39, 0.29) is 0 Å². The number of thioether (sulfide) groups is 1. The molecular weight excluding hydrogens is 166 g/mol. The van der Waals surface area contributed by atoms with E-state index in [0.29, 0.717) is 11.5 Å². The molecule has 1 heterocycles. The zero-order chi connectivity index (χ0) is 8.44. The molecule has 1 saturated carbocycles. The highest BCUT2D eigenvalue weighted by atomic mass is 32.2. The summed E-state index contributed by atoms with van der Waals surface area (Å²) in [5, 5.41) is 0. The largest absolute Gasteiger partial charge is 0.327 e. The van der Waals surface area contributed by atoms with Crippen molar-refractivity contribution in [3.63, 3.8) is 0 Å². The fourth-order valence-electron chi connectivity index (χ4n) is 2.67. The van der Waals surface area contributed by atoms with Crippen molar-refractivity contribution in [2.24, 2.45) is 11.1 Å². The highest BCUT2D eigenvalue weighted by Gasteiger charge is 2.39. The van der Waals surface area contributed by atoms with Gasteiger partial charge in [0.2, 0.25) is 0 Å². The van der Waals surface area contributed by atoms with Crippen LogP contribution in [0.3, 0.4) is 0 Å². The van der Waals surface area contributed by atoms with Crippen molar-refractivity contribution in [1.29, 1.82) is 0 Å². The maximum Gasteiger partial charge on any atom is 0.0111 e. The van der Waals surface area contributed by atoms with E-state index in [1.54, 1.807) is 0 Å². The van der Waals surface area contributed by atoms with Crippen LogP contribution in [0.1, 0.15) is 38.5 Å². The molecular formula is C10H19NS. The van der Waals surface area contributed by atoms with Gasteiger partial charge in [0.15, 0.2) is 0 Å². The number of hydrogen-bond acceptors (Lipinski definition) is 2. The van der Waals surface area contributed by atoms with E-state index in [4.69, 9.17) is 5.73 Å². The molecule has 1 unspecified atom stereocenters. The summed E-state index contributed by atoms with van der Waals surface area (Å²) in [6, 6.07) is 0.513. The Hall–Kier alpha value is 0.310. The van der Waals surface area contributed by atoms with E-state index in [1.807, 2.05) is 0 Å². The molecule has 2 N–H and O–H groups in total.